The van der Waals surface area contributed by atoms with Crippen LogP contribution in [-0.2, 0) is 6.42 Å². The van der Waals surface area contributed by atoms with Crippen LogP contribution in [0.3, 0.4) is 0 Å². The molecule has 0 aliphatic rings. The number of aromatic nitrogens is 1. The zero-order chi connectivity index (χ0) is 15.2. The van der Waals surface area contributed by atoms with E-state index in [4.69, 9.17) is 0 Å². The van der Waals surface area contributed by atoms with Crippen molar-refractivity contribution in [1.82, 2.24) is 10.3 Å². The highest BCUT2D eigenvalue weighted by molar-refractivity contribution is 9.10. The number of hydrogen-bond acceptors (Lipinski definition) is 2. The zero-order valence-electron chi connectivity index (χ0n) is 11.7. The smallest absolute Gasteiger partial charge is 0.137 e. The van der Waals surface area contributed by atoms with Gasteiger partial charge in [0.25, 0.3) is 0 Å². The first-order valence-corrected chi connectivity index (χ1v) is 8.47. The van der Waals surface area contributed by atoms with Crippen LogP contribution in [0, 0.1) is 5.82 Å². The minimum Gasteiger partial charge on any atom is -0.310 e. The molecule has 2 aromatic rings. The summed E-state index contributed by atoms with van der Waals surface area (Å²) in [7, 11) is 0. The Kier molecular flexibility index (Phi) is 6.33. The Hall–Kier alpha value is -0.780. The molecule has 1 aromatic carbocycles. The van der Waals surface area contributed by atoms with Gasteiger partial charge in [-0.3, -0.25) is 4.98 Å². The molecule has 112 valence electrons. The van der Waals surface area contributed by atoms with Gasteiger partial charge in [0.1, 0.15) is 5.82 Å². The number of pyridine rings is 1. The largest absolute Gasteiger partial charge is 0.310 e. The van der Waals surface area contributed by atoms with Gasteiger partial charge in [-0.2, -0.15) is 0 Å². The third-order valence-corrected chi connectivity index (χ3v) is 4.47. The maximum Gasteiger partial charge on any atom is 0.137 e. The Balaban J connectivity index is 2.27. The van der Waals surface area contributed by atoms with Crippen LogP contribution in [0.5, 0.6) is 0 Å². The standard InChI is InChI=1S/C16H17Br2FN2/c1-2-6-21-15(8-11-7-12(17)10-20-9-11)13-4-3-5-14(19)16(13)18/h3-5,7,9-10,15,21H,2,6,8H2,1H3. The maximum atomic E-state index is 13.8. The van der Waals surface area contributed by atoms with E-state index in [9.17, 15) is 4.39 Å². The van der Waals surface area contributed by atoms with E-state index >= 15 is 0 Å². The van der Waals surface area contributed by atoms with E-state index in [2.05, 4.69) is 49.1 Å². The molecule has 5 heteroatoms. The molecule has 0 fully saturated rings. The van der Waals surface area contributed by atoms with Crippen LogP contribution >= 0.6 is 31.9 Å². The Morgan fingerprint density at radius 2 is 2.10 bits per heavy atom. The topological polar surface area (TPSA) is 24.9 Å². The van der Waals surface area contributed by atoms with Gasteiger partial charge in [0, 0.05) is 22.9 Å². The van der Waals surface area contributed by atoms with Crippen molar-refractivity contribution in [2.45, 2.75) is 25.8 Å². The molecular weight excluding hydrogens is 399 g/mol. The molecule has 0 saturated heterocycles. The lowest BCUT2D eigenvalue weighted by Crippen LogP contribution is -2.24. The third kappa shape index (κ3) is 4.59. The van der Waals surface area contributed by atoms with E-state index in [0.29, 0.717) is 4.47 Å². The lowest BCUT2D eigenvalue weighted by molar-refractivity contribution is 0.520. The van der Waals surface area contributed by atoms with Crippen LogP contribution in [0.15, 0.2) is 45.6 Å². The number of halogens is 3. The third-order valence-electron chi connectivity index (χ3n) is 3.20. The Morgan fingerprint density at radius 1 is 1.29 bits per heavy atom. The molecule has 1 aromatic heterocycles. The van der Waals surface area contributed by atoms with Crippen LogP contribution in [0.2, 0.25) is 0 Å². The predicted octanol–water partition coefficient (Wildman–Crippen LogP) is 5.03. The number of hydrogen-bond donors (Lipinski definition) is 1. The molecule has 0 bridgehead atoms. The Bertz CT molecular complexity index is 605. The summed E-state index contributed by atoms with van der Waals surface area (Å²) in [5.74, 6) is -0.233. The first-order chi connectivity index (χ1) is 10.1. The zero-order valence-corrected chi connectivity index (χ0v) is 14.9. The summed E-state index contributed by atoms with van der Waals surface area (Å²) in [5, 5.41) is 3.48. The van der Waals surface area contributed by atoms with Crippen LogP contribution in [-0.4, -0.2) is 11.5 Å². The normalized spacial score (nSPS) is 12.4. The summed E-state index contributed by atoms with van der Waals surface area (Å²) in [5.41, 5.74) is 2.04. The second kappa shape index (κ2) is 8.01. The summed E-state index contributed by atoms with van der Waals surface area (Å²) < 4.78 is 15.3. The van der Waals surface area contributed by atoms with Gasteiger partial charge in [0.15, 0.2) is 0 Å². The summed E-state index contributed by atoms with van der Waals surface area (Å²) in [6.45, 7) is 3.00. The molecule has 2 rings (SSSR count). The Labute approximate surface area is 141 Å². The molecule has 0 aliphatic heterocycles. The van der Waals surface area contributed by atoms with Crippen molar-refractivity contribution in [2.75, 3.05) is 6.54 Å². The quantitative estimate of drug-likeness (QED) is 0.715. The fourth-order valence-electron chi connectivity index (χ4n) is 2.20. The second-order valence-corrected chi connectivity index (χ2v) is 6.57. The average molecular weight is 416 g/mol. The maximum absolute atomic E-state index is 13.8. The highest BCUT2D eigenvalue weighted by atomic mass is 79.9. The van der Waals surface area contributed by atoms with Crippen LogP contribution in [0.1, 0.15) is 30.5 Å². The van der Waals surface area contributed by atoms with Crippen molar-refractivity contribution in [3.8, 4) is 0 Å². The van der Waals surface area contributed by atoms with Gasteiger partial charge in [0.2, 0.25) is 0 Å². The number of rotatable bonds is 6. The van der Waals surface area contributed by atoms with Crippen LogP contribution in [0.4, 0.5) is 4.39 Å². The molecule has 1 N–H and O–H groups in total. The molecular formula is C16H17Br2FN2. The van der Waals surface area contributed by atoms with E-state index in [0.717, 1.165) is 35.0 Å². The van der Waals surface area contributed by atoms with Gasteiger partial charge < -0.3 is 5.32 Å². The summed E-state index contributed by atoms with van der Waals surface area (Å²) in [6, 6.07) is 7.25. The minimum absolute atomic E-state index is 0.0473. The van der Waals surface area contributed by atoms with Gasteiger partial charge >= 0.3 is 0 Å². The molecule has 0 amide bonds. The van der Waals surface area contributed by atoms with Crippen molar-refractivity contribution >= 4 is 31.9 Å². The fraction of sp³-hybridized carbons (Fsp3) is 0.312. The van der Waals surface area contributed by atoms with Crippen molar-refractivity contribution in [2.24, 2.45) is 0 Å². The van der Waals surface area contributed by atoms with E-state index < -0.39 is 0 Å². The Morgan fingerprint density at radius 3 is 2.81 bits per heavy atom. The summed E-state index contributed by atoms with van der Waals surface area (Å²) in [6.07, 6.45) is 5.39. The van der Waals surface area contributed by atoms with E-state index in [-0.39, 0.29) is 11.9 Å². The highest BCUT2D eigenvalue weighted by Gasteiger charge is 2.17. The van der Waals surface area contributed by atoms with Crippen molar-refractivity contribution < 1.29 is 4.39 Å². The van der Waals surface area contributed by atoms with Gasteiger partial charge in [-0.15, -0.1) is 0 Å². The minimum atomic E-state index is -0.233. The second-order valence-electron chi connectivity index (χ2n) is 4.87. The van der Waals surface area contributed by atoms with Gasteiger partial charge in [0.05, 0.1) is 4.47 Å². The van der Waals surface area contributed by atoms with Gasteiger partial charge in [-0.25, -0.2) is 4.39 Å². The first kappa shape index (κ1) is 16.6. The van der Waals surface area contributed by atoms with E-state index in [1.165, 1.54) is 6.07 Å². The SMILES string of the molecule is CCCNC(Cc1cncc(Br)c1)c1cccc(F)c1Br. The molecule has 2 nitrogen and oxygen atoms in total. The average Bonchev–Trinajstić information content (AvgIpc) is 2.47. The summed E-state index contributed by atoms with van der Waals surface area (Å²) in [4.78, 5) is 4.19. The lowest BCUT2D eigenvalue weighted by Gasteiger charge is -2.20. The van der Waals surface area contributed by atoms with Gasteiger partial charge in [-0.1, -0.05) is 19.1 Å². The molecule has 21 heavy (non-hydrogen) atoms. The number of nitrogens with zero attached hydrogens (tertiary/aromatic N) is 1. The number of benzene rings is 1. The monoisotopic (exact) mass is 414 g/mol. The molecule has 1 heterocycles. The van der Waals surface area contributed by atoms with E-state index in [1.807, 2.05) is 18.3 Å². The fourth-order valence-corrected chi connectivity index (χ4v) is 3.16. The highest BCUT2D eigenvalue weighted by Crippen LogP contribution is 2.28. The lowest BCUT2D eigenvalue weighted by atomic mass is 9.99. The first-order valence-electron chi connectivity index (χ1n) is 6.88. The predicted molar refractivity (Wildman–Crippen MR) is 90.8 cm³/mol. The van der Waals surface area contributed by atoms with Gasteiger partial charge in [-0.05, 0) is 74.5 Å². The summed E-state index contributed by atoms with van der Waals surface area (Å²) >= 11 is 6.80. The van der Waals surface area contributed by atoms with Crippen molar-refractivity contribution in [1.29, 1.82) is 0 Å². The van der Waals surface area contributed by atoms with Crippen LogP contribution < -0.4 is 5.32 Å². The van der Waals surface area contributed by atoms with Crippen molar-refractivity contribution in [3.05, 3.63) is 62.5 Å². The van der Waals surface area contributed by atoms with Crippen molar-refractivity contribution in [3.63, 3.8) is 0 Å². The molecule has 0 radical (unpaired) electrons. The van der Waals surface area contributed by atoms with Crippen LogP contribution in [0.25, 0.3) is 0 Å². The molecule has 0 aliphatic carbocycles. The molecule has 1 unspecified atom stereocenters. The molecule has 0 saturated carbocycles. The van der Waals surface area contributed by atoms with E-state index in [1.54, 1.807) is 12.3 Å². The molecule has 1 atom stereocenters. The molecule has 0 spiro atoms. The number of nitrogens with one attached hydrogen (secondary N) is 1.